The molecular formula is C7H13S. The molecule has 0 spiro atoms. The summed E-state index contributed by atoms with van der Waals surface area (Å²) in [6.07, 6.45) is 4.20. The van der Waals surface area contributed by atoms with E-state index in [-0.39, 0.29) is 0 Å². The van der Waals surface area contributed by atoms with E-state index in [0.29, 0.717) is 0 Å². The van der Waals surface area contributed by atoms with E-state index in [9.17, 15) is 0 Å². The second kappa shape index (κ2) is 2.77. The first-order chi connectivity index (χ1) is 3.84. The lowest BCUT2D eigenvalue weighted by atomic mass is 10.0. The van der Waals surface area contributed by atoms with Crippen molar-refractivity contribution in [1.29, 1.82) is 0 Å². The molecule has 0 heterocycles. The summed E-state index contributed by atoms with van der Waals surface area (Å²) in [6, 6.07) is 0. The summed E-state index contributed by atoms with van der Waals surface area (Å²) < 4.78 is 0. The summed E-state index contributed by atoms with van der Waals surface area (Å²) in [4.78, 5) is 0. The molecule has 0 N–H and O–H groups in total. The van der Waals surface area contributed by atoms with Crippen molar-refractivity contribution in [2.24, 2.45) is 11.8 Å². The van der Waals surface area contributed by atoms with Crippen LogP contribution in [-0.2, 0) is 0 Å². The molecule has 1 saturated carbocycles. The van der Waals surface area contributed by atoms with Crippen molar-refractivity contribution in [3.05, 3.63) is 0 Å². The monoisotopic (exact) mass is 129 g/mol. The Labute approximate surface area is 57.1 Å². The van der Waals surface area contributed by atoms with E-state index in [2.05, 4.69) is 6.92 Å². The second-order valence-corrected chi connectivity index (χ2v) is 3.22. The Morgan fingerprint density at radius 1 is 1.62 bits per heavy atom. The molecule has 1 rings (SSSR count). The Hall–Kier alpha value is 0.350. The van der Waals surface area contributed by atoms with Gasteiger partial charge in [0.05, 0.1) is 0 Å². The van der Waals surface area contributed by atoms with E-state index < -0.39 is 0 Å². The molecule has 1 aliphatic carbocycles. The fraction of sp³-hybridized carbons (Fsp3) is 1.00. The second-order valence-electron chi connectivity index (χ2n) is 2.81. The van der Waals surface area contributed by atoms with E-state index in [1.165, 1.54) is 19.3 Å². The fourth-order valence-electron chi connectivity index (χ4n) is 1.09. The normalized spacial score (nSPS) is 23.2. The number of hydrogen-bond acceptors (Lipinski definition) is 0. The molecule has 0 amide bonds. The van der Waals surface area contributed by atoms with Gasteiger partial charge in [-0.1, -0.05) is 19.6 Å². The predicted octanol–water partition coefficient (Wildman–Crippen LogP) is 2.62. The molecule has 1 aliphatic rings. The molecule has 0 aromatic heterocycles. The van der Waals surface area contributed by atoms with Gasteiger partial charge in [-0.2, -0.15) is 0 Å². The van der Waals surface area contributed by atoms with Gasteiger partial charge in [0.1, 0.15) is 0 Å². The first-order valence-electron chi connectivity index (χ1n) is 3.42. The molecule has 0 nitrogen and oxygen atoms in total. The van der Waals surface area contributed by atoms with Gasteiger partial charge in [-0.05, 0) is 31.1 Å². The van der Waals surface area contributed by atoms with Gasteiger partial charge >= 0.3 is 0 Å². The third-order valence-electron chi connectivity index (χ3n) is 2.00. The van der Waals surface area contributed by atoms with Crippen LogP contribution in [0.25, 0.3) is 0 Å². The highest BCUT2D eigenvalue weighted by Gasteiger charge is 2.26. The summed E-state index contributed by atoms with van der Waals surface area (Å²) in [5.41, 5.74) is 0. The Bertz CT molecular complexity index is 66.8. The molecule has 0 aromatic carbocycles. The van der Waals surface area contributed by atoms with Gasteiger partial charge in [-0.25, -0.2) is 0 Å². The zero-order chi connectivity index (χ0) is 5.98. The van der Waals surface area contributed by atoms with Crippen LogP contribution in [0.4, 0.5) is 0 Å². The van der Waals surface area contributed by atoms with Crippen LogP contribution in [-0.4, -0.2) is 5.75 Å². The lowest BCUT2D eigenvalue weighted by molar-refractivity contribution is 0.497. The summed E-state index contributed by atoms with van der Waals surface area (Å²) >= 11 is 4.88. The highest BCUT2D eigenvalue weighted by Crippen LogP contribution is 2.38. The van der Waals surface area contributed by atoms with Crippen LogP contribution >= 0.6 is 12.6 Å². The van der Waals surface area contributed by atoms with E-state index >= 15 is 0 Å². The molecule has 1 unspecified atom stereocenters. The Morgan fingerprint density at radius 3 is 2.62 bits per heavy atom. The maximum absolute atomic E-state index is 4.88. The topological polar surface area (TPSA) is 0 Å². The van der Waals surface area contributed by atoms with E-state index in [4.69, 9.17) is 12.6 Å². The van der Waals surface area contributed by atoms with Gasteiger partial charge in [0, 0.05) is 5.75 Å². The molecular weight excluding hydrogens is 116 g/mol. The summed E-state index contributed by atoms with van der Waals surface area (Å²) in [6.45, 7) is 2.32. The van der Waals surface area contributed by atoms with Crippen LogP contribution in [0.5, 0.6) is 0 Å². The average Bonchev–Trinajstić information content (AvgIpc) is 2.45. The minimum Gasteiger partial charge on any atom is -0.0941 e. The molecule has 0 aliphatic heterocycles. The van der Waals surface area contributed by atoms with Gasteiger partial charge in [-0.15, -0.1) is 0 Å². The van der Waals surface area contributed by atoms with Gasteiger partial charge in [0.25, 0.3) is 0 Å². The first kappa shape index (κ1) is 6.47. The Balaban J connectivity index is 2.03. The van der Waals surface area contributed by atoms with Crippen molar-refractivity contribution in [2.75, 3.05) is 5.75 Å². The molecule has 1 heteroatoms. The minimum atomic E-state index is 0.924. The SMILES string of the molecule is CC(CC[S])C1CC1. The van der Waals surface area contributed by atoms with Crippen molar-refractivity contribution >= 4 is 12.6 Å². The van der Waals surface area contributed by atoms with Crippen LogP contribution < -0.4 is 0 Å². The van der Waals surface area contributed by atoms with E-state index in [1.807, 2.05) is 0 Å². The average molecular weight is 129 g/mol. The van der Waals surface area contributed by atoms with Crippen LogP contribution in [0, 0.1) is 11.8 Å². The maximum atomic E-state index is 4.88. The van der Waals surface area contributed by atoms with Crippen molar-refractivity contribution in [3.8, 4) is 0 Å². The molecule has 1 fully saturated rings. The van der Waals surface area contributed by atoms with Crippen molar-refractivity contribution in [3.63, 3.8) is 0 Å². The van der Waals surface area contributed by atoms with Crippen molar-refractivity contribution in [2.45, 2.75) is 26.2 Å². The lowest BCUT2D eigenvalue weighted by Gasteiger charge is -2.04. The number of hydrogen-bond donors (Lipinski definition) is 0. The highest BCUT2D eigenvalue weighted by molar-refractivity contribution is 7.80. The highest BCUT2D eigenvalue weighted by atomic mass is 32.1. The summed E-state index contributed by atoms with van der Waals surface area (Å²) in [7, 11) is 0. The summed E-state index contributed by atoms with van der Waals surface area (Å²) in [5.74, 6) is 2.93. The van der Waals surface area contributed by atoms with Crippen LogP contribution in [0.15, 0.2) is 0 Å². The molecule has 8 heavy (non-hydrogen) atoms. The predicted molar refractivity (Wildman–Crippen MR) is 39.0 cm³/mol. The smallest absolute Gasteiger partial charge is 0.00395 e. The van der Waals surface area contributed by atoms with Crippen molar-refractivity contribution in [1.82, 2.24) is 0 Å². The summed E-state index contributed by atoms with van der Waals surface area (Å²) in [5, 5.41) is 0. The fourth-order valence-corrected chi connectivity index (χ4v) is 1.46. The molecule has 0 bridgehead atoms. The third-order valence-corrected chi connectivity index (χ3v) is 2.24. The standard InChI is InChI=1S/C7H13S/c1-6(4-5-8)7-2-3-7/h6-7H,2-5H2,1H3. The van der Waals surface area contributed by atoms with Crippen LogP contribution in [0.3, 0.4) is 0 Å². The van der Waals surface area contributed by atoms with Gasteiger partial charge in [0.2, 0.25) is 0 Å². The molecule has 47 valence electrons. The van der Waals surface area contributed by atoms with E-state index in [1.54, 1.807) is 0 Å². The molecule has 0 aromatic rings. The third kappa shape index (κ3) is 1.70. The van der Waals surface area contributed by atoms with Crippen LogP contribution in [0.1, 0.15) is 26.2 Å². The lowest BCUT2D eigenvalue weighted by Crippen LogP contribution is -1.96. The van der Waals surface area contributed by atoms with Gasteiger partial charge in [0.15, 0.2) is 0 Å². The quantitative estimate of drug-likeness (QED) is 0.549. The van der Waals surface area contributed by atoms with Gasteiger partial charge < -0.3 is 0 Å². The Morgan fingerprint density at radius 2 is 2.25 bits per heavy atom. The number of rotatable bonds is 3. The largest absolute Gasteiger partial charge is 0.0941 e. The minimum absolute atomic E-state index is 0.924. The Kier molecular flexibility index (Phi) is 2.24. The zero-order valence-electron chi connectivity index (χ0n) is 5.39. The maximum Gasteiger partial charge on any atom is 0.00395 e. The first-order valence-corrected chi connectivity index (χ1v) is 4.00. The van der Waals surface area contributed by atoms with Crippen molar-refractivity contribution < 1.29 is 0 Å². The van der Waals surface area contributed by atoms with E-state index in [0.717, 1.165) is 17.6 Å². The zero-order valence-corrected chi connectivity index (χ0v) is 6.21. The van der Waals surface area contributed by atoms with Crippen LogP contribution in [0.2, 0.25) is 0 Å². The molecule has 0 saturated heterocycles. The van der Waals surface area contributed by atoms with Gasteiger partial charge in [-0.3, -0.25) is 0 Å². The molecule has 1 radical (unpaired) electrons. The molecule has 1 atom stereocenters.